The number of aromatic nitrogens is 1. The van der Waals surface area contributed by atoms with Crippen molar-refractivity contribution in [2.75, 3.05) is 18.5 Å². The Morgan fingerprint density at radius 2 is 1.96 bits per heavy atom. The van der Waals surface area contributed by atoms with Gasteiger partial charge in [0.05, 0.1) is 4.92 Å². The molecule has 1 aliphatic carbocycles. The Labute approximate surface area is 134 Å². The van der Waals surface area contributed by atoms with Crippen molar-refractivity contribution in [1.29, 1.82) is 0 Å². The fourth-order valence-electron chi connectivity index (χ4n) is 2.71. The van der Waals surface area contributed by atoms with Gasteiger partial charge in [-0.25, -0.2) is 4.98 Å². The molecule has 1 aliphatic rings. The second-order valence-electron chi connectivity index (χ2n) is 6.01. The van der Waals surface area contributed by atoms with Crippen LogP contribution in [0.2, 0.25) is 0 Å². The first-order valence-corrected chi connectivity index (χ1v) is 7.69. The van der Waals surface area contributed by atoms with Crippen LogP contribution in [0.15, 0.2) is 42.5 Å². The summed E-state index contributed by atoms with van der Waals surface area (Å²) in [5.74, 6) is 0.624. The monoisotopic (exact) mass is 313 g/mol. The zero-order chi connectivity index (χ0) is 16.3. The van der Waals surface area contributed by atoms with Crippen LogP contribution >= 0.6 is 0 Å². The summed E-state index contributed by atoms with van der Waals surface area (Å²) in [6, 6.07) is 12.3. The Balaban J connectivity index is 1.84. The molecule has 1 aromatic heterocycles. The third kappa shape index (κ3) is 3.48. The predicted molar refractivity (Wildman–Crippen MR) is 88.2 cm³/mol. The number of anilines is 1. The fourth-order valence-corrected chi connectivity index (χ4v) is 2.71. The average molecular weight is 313 g/mol. The number of rotatable bonds is 7. The number of nitrogens with one attached hydrogen (secondary N) is 1. The summed E-state index contributed by atoms with van der Waals surface area (Å²) < 4.78 is 0. The van der Waals surface area contributed by atoms with Crippen molar-refractivity contribution < 1.29 is 10.0 Å². The van der Waals surface area contributed by atoms with Crippen LogP contribution in [0.5, 0.6) is 0 Å². The van der Waals surface area contributed by atoms with E-state index in [1.165, 1.54) is 6.07 Å². The smallest absolute Gasteiger partial charge is 0.295 e. The van der Waals surface area contributed by atoms with Crippen molar-refractivity contribution in [3.63, 3.8) is 0 Å². The minimum absolute atomic E-state index is 0.00163. The lowest BCUT2D eigenvalue weighted by Crippen LogP contribution is -2.17. The van der Waals surface area contributed by atoms with E-state index in [9.17, 15) is 10.1 Å². The van der Waals surface area contributed by atoms with Crippen LogP contribution < -0.4 is 5.32 Å². The summed E-state index contributed by atoms with van der Waals surface area (Å²) in [7, 11) is 0. The highest BCUT2D eigenvalue weighted by atomic mass is 16.6. The molecule has 0 bridgehead atoms. The summed E-state index contributed by atoms with van der Waals surface area (Å²) in [5, 5.41) is 23.6. The molecule has 0 aliphatic heterocycles. The Hall–Kier alpha value is -2.47. The largest absolute Gasteiger partial charge is 0.396 e. The fraction of sp³-hybridized carbons (Fsp3) is 0.353. The molecule has 2 N–H and O–H groups in total. The summed E-state index contributed by atoms with van der Waals surface area (Å²) >= 11 is 0. The third-order valence-electron chi connectivity index (χ3n) is 4.36. The first-order valence-electron chi connectivity index (χ1n) is 7.69. The molecule has 1 saturated carbocycles. The second kappa shape index (κ2) is 6.34. The van der Waals surface area contributed by atoms with E-state index in [0.29, 0.717) is 11.5 Å². The van der Waals surface area contributed by atoms with E-state index in [0.717, 1.165) is 31.4 Å². The minimum Gasteiger partial charge on any atom is -0.396 e. The Morgan fingerprint density at radius 3 is 2.57 bits per heavy atom. The van der Waals surface area contributed by atoms with Crippen molar-refractivity contribution >= 4 is 11.5 Å². The maximum absolute atomic E-state index is 11.2. The van der Waals surface area contributed by atoms with Crippen molar-refractivity contribution in [3.8, 4) is 11.3 Å². The topological polar surface area (TPSA) is 88.3 Å². The van der Waals surface area contributed by atoms with Gasteiger partial charge in [0.1, 0.15) is 5.82 Å². The van der Waals surface area contributed by atoms with E-state index < -0.39 is 4.92 Å². The van der Waals surface area contributed by atoms with E-state index >= 15 is 0 Å². The predicted octanol–water partition coefficient (Wildman–Crippen LogP) is 3.23. The molecule has 0 spiro atoms. The zero-order valence-electron chi connectivity index (χ0n) is 12.7. The number of benzene rings is 1. The molecule has 1 aromatic carbocycles. The Bertz CT molecular complexity index is 699. The van der Waals surface area contributed by atoms with Gasteiger partial charge in [-0.15, -0.1) is 0 Å². The van der Waals surface area contributed by atoms with Gasteiger partial charge < -0.3 is 10.4 Å². The van der Waals surface area contributed by atoms with Crippen LogP contribution in [-0.2, 0) is 0 Å². The van der Waals surface area contributed by atoms with Gasteiger partial charge in [0.2, 0.25) is 0 Å². The van der Waals surface area contributed by atoms with Crippen LogP contribution in [0.4, 0.5) is 11.5 Å². The highest BCUT2D eigenvalue weighted by molar-refractivity contribution is 5.71. The molecular weight excluding hydrogens is 294 g/mol. The molecule has 1 fully saturated rings. The van der Waals surface area contributed by atoms with Crippen molar-refractivity contribution in [1.82, 2.24) is 4.98 Å². The lowest BCUT2D eigenvalue weighted by Gasteiger charge is -2.15. The van der Waals surface area contributed by atoms with Gasteiger partial charge in [-0.3, -0.25) is 10.1 Å². The number of hydrogen-bond acceptors (Lipinski definition) is 5. The summed E-state index contributed by atoms with van der Waals surface area (Å²) in [6.07, 6.45) is 2.97. The van der Waals surface area contributed by atoms with Crippen molar-refractivity contribution in [2.24, 2.45) is 5.41 Å². The van der Waals surface area contributed by atoms with Crippen molar-refractivity contribution in [3.05, 3.63) is 52.6 Å². The zero-order valence-corrected chi connectivity index (χ0v) is 12.7. The molecule has 3 rings (SSSR count). The van der Waals surface area contributed by atoms with Gasteiger partial charge in [0.25, 0.3) is 5.69 Å². The van der Waals surface area contributed by atoms with Gasteiger partial charge >= 0.3 is 0 Å². The van der Waals surface area contributed by atoms with Gasteiger partial charge in [-0.2, -0.15) is 0 Å². The van der Waals surface area contributed by atoms with Gasteiger partial charge in [-0.1, -0.05) is 30.3 Å². The number of aliphatic hydroxyl groups is 1. The highest BCUT2D eigenvalue weighted by Crippen LogP contribution is 2.48. The molecule has 0 radical (unpaired) electrons. The minimum atomic E-state index is -0.409. The van der Waals surface area contributed by atoms with Crippen LogP contribution in [-0.4, -0.2) is 28.2 Å². The lowest BCUT2D eigenvalue weighted by molar-refractivity contribution is -0.384. The number of pyridine rings is 1. The van der Waals surface area contributed by atoms with Crippen LogP contribution in [0.1, 0.15) is 19.3 Å². The maximum atomic E-state index is 11.2. The normalized spacial score (nSPS) is 15.2. The van der Waals surface area contributed by atoms with E-state index in [1.54, 1.807) is 6.07 Å². The molecule has 0 amide bonds. The molecule has 1 heterocycles. The van der Waals surface area contributed by atoms with Crippen LogP contribution in [0, 0.1) is 15.5 Å². The number of aliphatic hydroxyl groups excluding tert-OH is 1. The molecule has 0 unspecified atom stereocenters. The number of nitrogens with zero attached hydrogens (tertiary/aromatic N) is 2. The second-order valence-corrected chi connectivity index (χ2v) is 6.01. The molecule has 0 atom stereocenters. The van der Waals surface area contributed by atoms with E-state index in [4.69, 9.17) is 5.11 Å². The van der Waals surface area contributed by atoms with Crippen molar-refractivity contribution in [2.45, 2.75) is 19.3 Å². The lowest BCUT2D eigenvalue weighted by atomic mass is 10.0. The standard InChI is InChI=1S/C17H19N3O3/c21-11-10-17(8-9-17)12-18-15-7-6-14(20(22)23)16(19-15)13-4-2-1-3-5-13/h1-7,21H,8-12H2,(H,18,19). The van der Waals surface area contributed by atoms with Crippen LogP contribution in [0.25, 0.3) is 11.3 Å². The number of nitro groups is 1. The molecular formula is C17H19N3O3. The van der Waals surface area contributed by atoms with E-state index in [1.807, 2.05) is 30.3 Å². The molecule has 0 saturated heterocycles. The van der Waals surface area contributed by atoms with Gasteiger partial charge in [-0.05, 0) is 30.7 Å². The highest BCUT2D eigenvalue weighted by Gasteiger charge is 2.41. The first kappa shape index (κ1) is 15.4. The summed E-state index contributed by atoms with van der Waals surface area (Å²) in [4.78, 5) is 15.3. The SMILES string of the molecule is O=[N+]([O-])c1ccc(NCC2(CCO)CC2)nc1-c1ccccc1. The Kier molecular flexibility index (Phi) is 4.25. The van der Waals surface area contributed by atoms with Gasteiger partial charge in [0.15, 0.2) is 5.69 Å². The maximum Gasteiger partial charge on any atom is 0.295 e. The first-order chi connectivity index (χ1) is 11.1. The summed E-state index contributed by atoms with van der Waals surface area (Å²) in [6.45, 7) is 0.914. The molecule has 6 heteroatoms. The molecule has 120 valence electrons. The summed E-state index contributed by atoms with van der Waals surface area (Å²) in [5.41, 5.74) is 1.25. The quantitative estimate of drug-likeness (QED) is 0.605. The van der Waals surface area contributed by atoms with E-state index in [2.05, 4.69) is 10.3 Å². The van der Waals surface area contributed by atoms with E-state index in [-0.39, 0.29) is 17.7 Å². The Morgan fingerprint density at radius 1 is 1.22 bits per heavy atom. The average Bonchev–Trinajstić information content (AvgIpc) is 3.34. The number of hydrogen-bond donors (Lipinski definition) is 2. The van der Waals surface area contributed by atoms with Gasteiger partial charge in [0, 0.05) is 24.8 Å². The molecule has 6 nitrogen and oxygen atoms in total. The third-order valence-corrected chi connectivity index (χ3v) is 4.36. The molecule has 23 heavy (non-hydrogen) atoms. The van der Waals surface area contributed by atoms with Crippen LogP contribution in [0.3, 0.4) is 0 Å². The molecule has 2 aromatic rings.